The minimum atomic E-state index is -4.42. The molecule has 5 rings (SSSR count). The zero-order chi connectivity index (χ0) is 22.5. The van der Waals surface area contributed by atoms with Gasteiger partial charge in [-0.3, -0.25) is 0 Å². The molecule has 1 aliphatic heterocycles. The monoisotopic (exact) mass is 555 g/mol. The summed E-state index contributed by atoms with van der Waals surface area (Å²) in [6, 6.07) is 9.50. The summed E-state index contributed by atoms with van der Waals surface area (Å²) in [4.78, 5) is 8.71. The van der Waals surface area contributed by atoms with Crippen molar-refractivity contribution in [1.82, 2.24) is 14.5 Å². The molecular formula is C22H14F4IN3O2. The molecule has 4 aromatic rings. The zero-order valence-electron chi connectivity index (χ0n) is 16.2. The Kier molecular flexibility index (Phi) is 5.19. The van der Waals surface area contributed by atoms with Gasteiger partial charge >= 0.3 is 6.18 Å². The molecule has 5 nitrogen and oxygen atoms in total. The summed E-state index contributed by atoms with van der Waals surface area (Å²) in [5, 5.41) is 0. The number of pyridine rings is 1. The SMILES string of the molecule is Fc1cc(Cn2cnc3cc(I)cnc32)cc2c1OC(c1ccc(C(F)(F)F)cc1)CO2. The first-order valence-electron chi connectivity index (χ1n) is 9.53. The standard InChI is InChI=1S/C22H14F4IN3O2/c23-16-5-12(9-30-11-29-17-7-15(27)8-28-21(17)30)6-18-20(16)32-19(10-31-18)13-1-3-14(4-2-13)22(24,25)26/h1-8,11,19H,9-10H2. The maximum Gasteiger partial charge on any atom is 0.416 e. The summed E-state index contributed by atoms with van der Waals surface area (Å²) in [5.74, 6) is -0.427. The Hall–Kier alpha value is -2.89. The van der Waals surface area contributed by atoms with Crippen LogP contribution in [0, 0.1) is 9.39 Å². The molecule has 1 atom stereocenters. The number of aromatic nitrogens is 3. The topological polar surface area (TPSA) is 49.2 Å². The number of imidazole rings is 1. The van der Waals surface area contributed by atoms with Crippen molar-refractivity contribution < 1.29 is 27.0 Å². The van der Waals surface area contributed by atoms with Crippen LogP contribution in [0.2, 0.25) is 0 Å². The van der Waals surface area contributed by atoms with Crippen LogP contribution in [0.3, 0.4) is 0 Å². The third-order valence-corrected chi connectivity index (χ3v) is 5.69. The molecule has 0 bridgehead atoms. The van der Waals surface area contributed by atoms with Gasteiger partial charge in [0.15, 0.2) is 29.1 Å². The average molecular weight is 555 g/mol. The van der Waals surface area contributed by atoms with E-state index in [-0.39, 0.29) is 18.1 Å². The van der Waals surface area contributed by atoms with Crippen LogP contribution in [0.25, 0.3) is 11.2 Å². The highest BCUT2D eigenvalue weighted by Crippen LogP contribution is 2.40. The van der Waals surface area contributed by atoms with Crippen LogP contribution in [-0.4, -0.2) is 21.1 Å². The highest BCUT2D eigenvalue weighted by molar-refractivity contribution is 14.1. The molecule has 164 valence electrons. The van der Waals surface area contributed by atoms with Gasteiger partial charge in [-0.2, -0.15) is 13.2 Å². The Balaban J connectivity index is 1.37. The summed E-state index contributed by atoms with van der Waals surface area (Å²) >= 11 is 2.16. The second-order valence-corrected chi connectivity index (χ2v) is 8.56. The maximum atomic E-state index is 14.8. The quantitative estimate of drug-likeness (QED) is 0.239. The number of rotatable bonds is 3. The lowest BCUT2D eigenvalue weighted by Crippen LogP contribution is -2.22. The molecule has 32 heavy (non-hydrogen) atoms. The van der Waals surface area contributed by atoms with Crippen LogP contribution >= 0.6 is 22.6 Å². The van der Waals surface area contributed by atoms with E-state index in [0.717, 1.165) is 21.2 Å². The van der Waals surface area contributed by atoms with Gasteiger partial charge in [-0.1, -0.05) is 12.1 Å². The lowest BCUT2D eigenvalue weighted by atomic mass is 10.1. The molecule has 2 aromatic heterocycles. The molecule has 3 heterocycles. The number of alkyl halides is 3. The van der Waals surface area contributed by atoms with Gasteiger partial charge in [0.2, 0.25) is 0 Å². The number of benzene rings is 2. The molecule has 0 aliphatic carbocycles. The summed E-state index contributed by atoms with van der Waals surface area (Å²) in [7, 11) is 0. The Bertz CT molecular complexity index is 1310. The molecule has 0 radical (unpaired) electrons. The van der Waals surface area contributed by atoms with Crippen molar-refractivity contribution in [2.45, 2.75) is 18.8 Å². The second kappa shape index (κ2) is 7.91. The molecule has 0 spiro atoms. The van der Waals surface area contributed by atoms with E-state index in [1.807, 2.05) is 6.07 Å². The van der Waals surface area contributed by atoms with E-state index < -0.39 is 23.7 Å². The van der Waals surface area contributed by atoms with Crippen molar-refractivity contribution in [2.24, 2.45) is 0 Å². The van der Waals surface area contributed by atoms with Gasteiger partial charge in [0, 0.05) is 9.77 Å². The van der Waals surface area contributed by atoms with E-state index in [2.05, 4.69) is 32.6 Å². The molecule has 0 saturated carbocycles. The molecule has 2 aromatic carbocycles. The number of hydrogen-bond donors (Lipinski definition) is 0. The Morgan fingerprint density at radius 1 is 1.09 bits per heavy atom. The minimum absolute atomic E-state index is 0.0508. The van der Waals surface area contributed by atoms with Crippen LogP contribution in [0.4, 0.5) is 17.6 Å². The molecule has 0 N–H and O–H groups in total. The van der Waals surface area contributed by atoms with E-state index in [4.69, 9.17) is 9.47 Å². The van der Waals surface area contributed by atoms with Crippen molar-refractivity contribution in [2.75, 3.05) is 6.61 Å². The summed E-state index contributed by atoms with van der Waals surface area (Å²) in [6.07, 6.45) is -1.77. The van der Waals surface area contributed by atoms with Crippen molar-refractivity contribution in [3.63, 3.8) is 0 Å². The van der Waals surface area contributed by atoms with Crippen LogP contribution in [0.1, 0.15) is 22.8 Å². The van der Waals surface area contributed by atoms with Gasteiger partial charge in [0.25, 0.3) is 0 Å². The van der Waals surface area contributed by atoms with E-state index in [1.165, 1.54) is 18.2 Å². The smallest absolute Gasteiger partial charge is 0.416 e. The van der Waals surface area contributed by atoms with Gasteiger partial charge in [-0.25, -0.2) is 14.4 Å². The summed E-state index contributed by atoms with van der Waals surface area (Å²) in [6.45, 7) is 0.384. The molecule has 0 saturated heterocycles. The highest BCUT2D eigenvalue weighted by atomic mass is 127. The van der Waals surface area contributed by atoms with E-state index in [0.29, 0.717) is 23.3 Å². The minimum Gasteiger partial charge on any atom is -0.485 e. The van der Waals surface area contributed by atoms with Gasteiger partial charge < -0.3 is 14.0 Å². The largest absolute Gasteiger partial charge is 0.485 e. The first-order chi connectivity index (χ1) is 15.3. The molecule has 1 aliphatic rings. The van der Waals surface area contributed by atoms with Crippen LogP contribution < -0.4 is 9.47 Å². The van der Waals surface area contributed by atoms with Crippen LogP contribution in [0.5, 0.6) is 11.5 Å². The van der Waals surface area contributed by atoms with Crippen molar-refractivity contribution in [3.8, 4) is 11.5 Å². The highest BCUT2D eigenvalue weighted by Gasteiger charge is 2.31. The molecule has 10 heteroatoms. The van der Waals surface area contributed by atoms with Crippen molar-refractivity contribution >= 4 is 33.8 Å². The predicted molar refractivity (Wildman–Crippen MR) is 116 cm³/mol. The van der Waals surface area contributed by atoms with Gasteiger partial charge in [0.05, 0.1) is 18.4 Å². The van der Waals surface area contributed by atoms with E-state index in [9.17, 15) is 17.6 Å². The summed E-state index contributed by atoms with van der Waals surface area (Å²) in [5.41, 5.74) is 1.78. The number of fused-ring (bicyclic) bond motifs is 2. The number of nitrogens with zero attached hydrogens (tertiary/aromatic N) is 3. The fraction of sp³-hybridized carbons (Fsp3) is 0.182. The number of hydrogen-bond acceptors (Lipinski definition) is 4. The maximum absolute atomic E-state index is 14.8. The van der Waals surface area contributed by atoms with E-state index >= 15 is 0 Å². The molecular weight excluding hydrogens is 541 g/mol. The van der Waals surface area contributed by atoms with Crippen molar-refractivity contribution in [1.29, 1.82) is 0 Å². The van der Waals surface area contributed by atoms with Crippen LogP contribution in [0.15, 0.2) is 55.0 Å². The summed E-state index contributed by atoms with van der Waals surface area (Å²) < 4.78 is 67.4. The Labute approximate surface area is 193 Å². The average Bonchev–Trinajstić information content (AvgIpc) is 3.14. The normalized spacial score (nSPS) is 15.8. The third-order valence-electron chi connectivity index (χ3n) is 5.10. The zero-order valence-corrected chi connectivity index (χ0v) is 18.4. The lowest BCUT2D eigenvalue weighted by Gasteiger charge is -2.27. The third kappa shape index (κ3) is 3.98. The molecule has 0 amide bonds. The fourth-order valence-electron chi connectivity index (χ4n) is 3.56. The molecule has 0 fully saturated rings. The second-order valence-electron chi connectivity index (χ2n) is 7.31. The number of ether oxygens (including phenoxy) is 2. The van der Waals surface area contributed by atoms with Crippen molar-refractivity contribution in [3.05, 3.63) is 81.1 Å². The predicted octanol–water partition coefficient (Wildman–Crippen LogP) is 5.75. The van der Waals surface area contributed by atoms with Gasteiger partial charge in [0.1, 0.15) is 12.1 Å². The van der Waals surface area contributed by atoms with Gasteiger partial charge in [-0.15, -0.1) is 0 Å². The Morgan fingerprint density at radius 3 is 2.62 bits per heavy atom. The van der Waals surface area contributed by atoms with Gasteiger partial charge in [-0.05, 0) is 64.0 Å². The van der Waals surface area contributed by atoms with E-state index in [1.54, 1.807) is 23.2 Å². The van der Waals surface area contributed by atoms with Crippen LogP contribution in [-0.2, 0) is 12.7 Å². The first kappa shape index (κ1) is 21.0. The fourth-order valence-corrected chi connectivity index (χ4v) is 4.00. The first-order valence-corrected chi connectivity index (χ1v) is 10.6. The number of halogens is 5. The Morgan fingerprint density at radius 2 is 1.88 bits per heavy atom. The molecule has 1 unspecified atom stereocenters. The lowest BCUT2D eigenvalue weighted by molar-refractivity contribution is -0.137.